The fraction of sp³-hybridized carbons (Fsp3) is 0.933. The molecule has 2 N–H and O–H groups in total. The normalized spacial score (nSPS) is 12.6. The van der Waals surface area contributed by atoms with E-state index in [1.807, 2.05) is 20.8 Å². The molecule has 0 saturated heterocycles. The van der Waals surface area contributed by atoms with Gasteiger partial charge in [-0.2, -0.15) is 0 Å². The lowest BCUT2D eigenvalue weighted by Gasteiger charge is -2.34. The highest BCUT2D eigenvalue weighted by molar-refractivity contribution is 5.67. The van der Waals surface area contributed by atoms with E-state index in [1.165, 1.54) is 0 Å². The fourth-order valence-electron chi connectivity index (χ4n) is 1.93. The van der Waals surface area contributed by atoms with Crippen LogP contribution >= 0.6 is 0 Å². The monoisotopic (exact) mass is 304 g/mol. The highest BCUT2D eigenvalue weighted by Gasteiger charge is 2.28. The van der Waals surface area contributed by atoms with Crippen LogP contribution in [0.25, 0.3) is 0 Å². The number of carbonyl (C=O) groups is 1. The van der Waals surface area contributed by atoms with Gasteiger partial charge in [0.05, 0.1) is 0 Å². The maximum absolute atomic E-state index is 11.8. The summed E-state index contributed by atoms with van der Waals surface area (Å²) in [5.74, 6) is 0. The van der Waals surface area contributed by atoms with Crippen LogP contribution < -0.4 is 10.6 Å². The van der Waals surface area contributed by atoms with E-state index in [0.29, 0.717) is 13.1 Å². The van der Waals surface area contributed by atoms with Crippen LogP contribution in [0.5, 0.6) is 0 Å². The zero-order chi connectivity index (χ0) is 16.5. The Morgan fingerprint density at radius 1 is 1.10 bits per heavy atom. The maximum Gasteiger partial charge on any atom is 0.407 e. The second kappa shape index (κ2) is 9.23. The van der Waals surface area contributed by atoms with Gasteiger partial charge in [-0.05, 0) is 33.6 Å². The van der Waals surface area contributed by atoms with E-state index in [9.17, 15) is 4.79 Å². The summed E-state index contributed by atoms with van der Waals surface area (Å²) in [5.41, 5.74) is -0.692. The quantitative estimate of drug-likeness (QED) is 0.640. The molecule has 126 valence electrons. The molecular formula is C15H32N2O4. The van der Waals surface area contributed by atoms with E-state index in [0.717, 1.165) is 12.8 Å². The predicted octanol–water partition coefficient (Wildman–Crippen LogP) is 2.28. The molecule has 0 spiro atoms. The minimum absolute atomic E-state index is 0.202. The van der Waals surface area contributed by atoms with Crippen LogP contribution in [0.2, 0.25) is 0 Å². The van der Waals surface area contributed by atoms with E-state index in [2.05, 4.69) is 24.5 Å². The smallest absolute Gasteiger partial charge is 0.407 e. The summed E-state index contributed by atoms with van der Waals surface area (Å²) >= 11 is 0. The molecule has 0 saturated carbocycles. The Balaban J connectivity index is 4.49. The minimum Gasteiger partial charge on any atom is -0.444 e. The minimum atomic E-state index is -0.490. The van der Waals surface area contributed by atoms with Gasteiger partial charge in [-0.25, -0.2) is 4.79 Å². The Morgan fingerprint density at radius 2 is 1.62 bits per heavy atom. The Morgan fingerprint density at radius 3 is 2.00 bits per heavy atom. The van der Waals surface area contributed by atoms with Crippen LogP contribution in [0, 0.1) is 0 Å². The molecule has 0 aromatic heterocycles. The highest BCUT2D eigenvalue weighted by atomic mass is 16.7. The predicted molar refractivity (Wildman–Crippen MR) is 83.4 cm³/mol. The largest absolute Gasteiger partial charge is 0.444 e. The first-order valence-corrected chi connectivity index (χ1v) is 7.49. The summed E-state index contributed by atoms with van der Waals surface area (Å²) in [6.07, 6.45) is 1.05. The highest BCUT2D eigenvalue weighted by Crippen LogP contribution is 2.15. The topological polar surface area (TPSA) is 68.8 Å². The van der Waals surface area contributed by atoms with Crippen molar-refractivity contribution in [2.45, 2.75) is 64.9 Å². The van der Waals surface area contributed by atoms with Gasteiger partial charge in [-0.15, -0.1) is 0 Å². The van der Waals surface area contributed by atoms with Gasteiger partial charge in [-0.1, -0.05) is 13.8 Å². The summed E-state index contributed by atoms with van der Waals surface area (Å²) in [4.78, 5) is 11.8. The van der Waals surface area contributed by atoms with E-state index in [1.54, 1.807) is 14.2 Å². The van der Waals surface area contributed by atoms with Gasteiger partial charge < -0.3 is 24.8 Å². The second-order valence-electron chi connectivity index (χ2n) is 6.12. The summed E-state index contributed by atoms with van der Waals surface area (Å²) in [6, 6.07) is 0. The van der Waals surface area contributed by atoms with Crippen LogP contribution in [-0.2, 0) is 14.2 Å². The summed E-state index contributed by atoms with van der Waals surface area (Å²) in [6.45, 7) is 10.8. The van der Waals surface area contributed by atoms with Gasteiger partial charge in [0.15, 0.2) is 6.29 Å². The van der Waals surface area contributed by atoms with E-state index in [4.69, 9.17) is 14.2 Å². The van der Waals surface area contributed by atoms with Crippen molar-refractivity contribution in [1.29, 1.82) is 0 Å². The summed E-state index contributed by atoms with van der Waals surface area (Å²) in [5, 5.41) is 6.27. The third-order valence-electron chi connectivity index (χ3n) is 3.49. The molecule has 0 atom stereocenters. The fourth-order valence-corrected chi connectivity index (χ4v) is 1.93. The van der Waals surface area contributed by atoms with Crippen LogP contribution in [0.1, 0.15) is 47.5 Å². The zero-order valence-electron chi connectivity index (χ0n) is 14.5. The molecule has 21 heavy (non-hydrogen) atoms. The Bertz CT molecular complexity index is 295. The molecule has 0 radical (unpaired) electrons. The van der Waals surface area contributed by atoms with Crippen LogP contribution in [-0.4, -0.2) is 50.8 Å². The standard InChI is InChI=1S/C15H32N2O4/c1-8-15(9-2,17-10-12(19-6)20-7)11-16-13(18)21-14(3,4)5/h12,17H,8-11H2,1-7H3,(H,16,18). The van der Waals surface area contributed by atoms with Crippen molar-refractivity contribution in [1.82, 2.24) is 10.6 Å². The molecule has 0 aliphatic heterocycles. The molecule has 0 fully saturated rings. The van der Waals surface area contributed by atoms with Crippen molar-refractivity contribution in [3.8, 4) is 0 Å². The van der Waals surface area contributed by atoms with Gasteiger partial charge in [0.2, 0.25) is 0 Å². The van der Waals surface area contributed by atoms with Crippen molar-refractivity contribution >= 4 is 6.09 Å². The number of alkyl carbamates (subject to hydrolysis) is 1. The van der Waals surface area contributed by atoms with Crippen LogP contribution in [0.15, 0.2) is 0 Å². The molecule has 0 aliphatic rings. The molecule has 1 amide bonds. The lowest BCUT2D eigenvalue weighted by molar-refractivity contribution is -0.102. The molecule has 0 aliphatic carbocycles. The average Bonchev–Trinajstić information content (AvgIpc) is 2.42. The number of ether oxygens (including phenoxy) is 3. The molecule has 6 heteroatoms. The number of hydrogen-bond donors (Lipinski definition) is 2. The number of rotatable bonds is 9. The van der Waals surface area contributed by atoms with Gasteiger partial charge in [0.25, 0.3) is 0 Å². The van der Waals surface area contributed by atoms with Crippen molar-refractivity contribution in [2.75, 3.05) is 27.3 Å². The third-order valence-corrected chi connectivity index (χ3v) is 3.49. The number of methoxy groups -OCH3 is 2. The average molecular weight is 304 g/mol. The molecule has 0 heterocycles. The first-order valence-electron chi connectivity index (χ1n) is 7.49. The van der Waals surface area contributed by atoms with Gasteiger partial charge in [0.1, 0.15) is 5.60 Å². The van der Waals surface area contributed by atoms with Gasteiger partial charge in [-0.3, -0.25) is 0 Å². The van der Waals surface area contributed by atoms with Crippen molar-refractivity contribution in [2.24, 2.45) is 0 Å². The Kier molecular flexibility index (Phi) is 8.85. The maximum atomic E-state index is 11.8. The number of nitrogens with one attached hydrogen (secondary N) is 2. The lowest BCUT2D eigenvalue weighted by atomic mass is 9.92. The lowest BCUT2D eigenvalue weighted by Crippen LogP contribution is -2.55. The molecular weight excluding hydrogens is 272 g/mol. The third kappa shape index (κ3) is 8.24. The zero-order valence-corrected chi connectivity index (χ0v) is 14.5. The number of hydrogen-bond acceptors (Lipinski definition) is 5. The SMILES string of the molecule is CCC(CC)(CNC(=O)OC(C)(C)C)NCC(OC)OC. The first kappa shape index (κ1) is 20.1. The van der Waals surface area contributed by atoms with E-state index < -0.39 is 11.7 Å². The first-order chi connectivity index (χ1) is 9.71. The number of carbonyl (C=O) groups excluding carboxylic acids is 1. The molecule has 0 bridgehead atoms. The van der Waals surface area contributed by atoms with Crippen molar-refractivity contribution < 1.29 is 19.0 Å². The van der Waals surface area contributed by atoms with Gasteiger partial charge in [0, 0.05) is 32.8 Å². The Labute approximate surface area is 128 Å². The molecule has 0 rings (SSSR count). The van der Waals surface area contributed by atoms with Crippen LogP contribution in [0.4, 0.5) is 4.79 Å². The van der Waals surface area contributed by atoms with Crippen molar-refractivity contribution in [3.63, 3.8) is 0 Å². The van der Waals surface area contributed by atoms with E-state index >= 15 is 0 Å². The molecule has 0 aromatic rings. The second-order valence-corrected chi connectivity index (χ2v) is 6.12. The number of amides is 1. The van der Waals surface area contributed by atoms with Crippen molar-refractivity contribution in [3.05, 3.63) is 0 Å². The van der Waals surface area contributed by atoms with Crippen LogP contribution in [0.3, 0.4) is 0 Å². The summed E-state index contributed by atoms with van der Waals surface area (Å²) < 4.78 is 15.6. The molecule has 0 aromatic carbocycles. The molecule has 6 nitrogen and oxygen atoms in total. The summed E-state index contributed by atoms with van der Waals surface area (Å²) in [7, 11) is 3.21. The Hall–Kier alpha value is -0.850. The van der Waals surface area contributed by atoms with E-state index in [-0.39, 0.29) is 11.8 Å². The molecule has 0 unspecified atom stereocenters. The van der Waals surface area contributed by atoms with Gasteiger partial charge >= 0.3 is 6.09 Å².